The standard InChI is InChI=1S/C14H13O2.BrH.Mg/c1-15-13-9-5-6-10-14(13)16-11-12-7-3-2-4-8-12;;/h2-4,6-10H,11H2,1H3;1H;/q;;+1/p-1. The van der Waals surface area contributed by atoms with E-state index in [4.69, 9.17) is 9.47 Å². The van der Waals surface area contributed by atoms with Gasteiger partial charge in [0.25, 0.3) is 0 Å². The van der Waals surface area contributed by atoms with Crippen LogP contribution in [-0.2, 0) is 6.61 Å². The van der Waals surface area contributed by atoms with E-state index in [9.17, 15) is 0 Å². The molecule has 0 saturated carbocycles. The predicted molar refractivity (Wildman–Crippen MR) is 78.1 cm³/mol. The first-order valence-corrected chi connectivity index (χ1v) is 10.3. The fourth-order valence-electron chi connectivity index (χ4n) is 1.65. The molecule has 0 aliphatic carbocycles. The van der Waals surface area contributed by atoms with E-state index in [1.807, 2.05) is 42.5 Å². The normalized spacial score (nSPS) is 9.67. The quantitative estimate of drug-likeness (QED) is 0.790. The van der Waals surface area contributed by atoms with Crippen LogP contribution in [0.15, 0.2) is 48.5 Å². The highest BCUT2D eigenvalue weighted by Gasteiger charge is 2.06. The van der Waals surface area contributed by atoms with Crippen LogP contribution >= 0.6 is 12.9 Å². The predicted octanol–water partition coefficient (Wildman–Crippen LogP) is 2.91. The van der Waals surface area contributed by atoms with Crippen LogP contribution in [0.3, 0.4) is 0 Å². The Kier molecular flexibility index (Phi) is 5.35. The van der Waals surface area contributed by atoms with Crippen molar-refractivity contribution in [1.29, 1.82) is 0 Å². The molecule has 0 bridgehead atoms. The van der Waals surface area contributed by atoms with Gasteiger partial charge in [-0.1, -0.05) is 36.4 Å². The third-order valence-corrected chi connectivity index (χ3v) is 5.31. The first kappa shape index (κ1) is 13.7. The van der Waals surface area contributed by atoms with Gasteiger partial charge in [-0.2, -0.15) is 0 Å². The van der Waals surface area contributed by atoms with E-state index < -0.39 is 0 Å². The lowest BCUT2D eigenvalue weighted by molar-refractivity contribution is 0.284. The number of methoxy groups -OCH3 is 1. The Hall–Kier alpha value is -0.714. The van der Waals surface area contributed by atoms with Crippen molar-refractivity contribution in [2.75, 3.05) is 7.11 Å². The molecule has 0 radical (unpaired) electrons. The molecule has 0 atom stereocenters. The first-order valence-electron chi connectivity index (χ1n) is 5.73. The Morgan fingerprint density at radius 3 is 2.50 bits per heavy atom. The maximum absolute atomic E-state index is 5.79. The molecule has 0 spiro atoms. The second-order valence-electron chi connectivity index (χ2n) is 3.89. The average molecular weight is 317 g/mol. The summed E-state index contributed by atoms with van der Waals surface area (Å²) in [5.74, 6) is 1.59. The van der Waals surface area contributed by atoms with Crippen molar-refractivity contribution in [1.82, 2.24) is 0 Å². The van der Waals surface area contributed by atoms with Gasteiger partial charge in [-0.15, -0.1) is 3.69 Å². The van der Waals surface area contributed by atoms with Crippen LogP contribution in [0.2, 0.25) is 0 Å². The minimum Gasteiger partial charge on any atom is -0.493 e. The Balaban J connectivity index is 2.09. The molecule has 0 amide bonds. The number of hydrogen-bond donors (Lipinski definition) is 0. The van der Waals surface area contributed by atoms with E-state index in [1.165, 1.54) is 3.69 Å². The highest BCUT2D eigenvalue weighted by molar-refractivity contribution is 9.23. The molecule has 18 heavy (non-hydrogen) atoms. The number of hydrogen-bond acceptors (Lipinski definition) is 2. The number of halogens is 1. The highest BCUT2D eigenvalue weighted by Crippen LogP contribution is 2.26. The van der Waals surface area contributed by atoms with Crippen LogP contribution in [0.5, 0.6) is 11.5 Å². The third kappa shape index (κ3) is 3.64. The summed E-state index contributed by atoms with van der Waals surface area (Å²) in [5, 5.41) is 0. The molecule has 2 nitrogen and oxygen atoms in total. The third-order valence-electron chi connectivity index (χ3n) is 2.62. The first-order chi connectivity index (χ1) is 8.83. The molecule has 0 heterocycles. The van der Waals surface area contributed by atoms with Gasteiger partial charge in [0.1, 0.15) is 6.61 Å². The minimum atomic E-state index is -0.343. The van der Waals surface area contributed by atoms with Crippen LogP contribution in [-0.4, -0.2) is 25.3 Å². The zero-order valence-electron chi connectivity index (χ0n) is 10.2. The maximum atomic E-state index is 5.79. The largest absolute Gasteiger partial charge is 0.506 e. The van der Waals surface area contributed by atoms with Gasteiger partial charge in [0.05, 0.1) is 7.11 Å². The summed E-state index contributed by atoms with van der Waals surface area (Å²) in [6.45, 7) is 0.558. The summed E-state index contributed by atoms with van der Waals surface area (Å²) >= 11 is 3.22. The molecular formula is C14H13BrMgO2. The Bertz CT molecular complexity index is 502. The monoisotopic (exact) mass is 316 g/mol. The van der Waals surface area contributed by atoms with E-state index in [-0.39, 0.29) is 18.2 Å². The molecule has 0 aliphatic rings. The summed E-state index contributed by atoms with van der Waals surface area (Å²) in [6.07, 6.45) is 0. The number of benzene rings is 2. The van der Waals surface area contributed by atoms with Crippen molar-refractivity contribution in [2.24, 2.45) is 0 Å². The van der Waals surface area contributed by atoms with Crippen molar-refractivity contribution >= 4 is 34.8 Å². The summed E-state index contributed by atoms with van der Waals surface area (Å²) in [7, 11) is 1.67. The molecule has 0 fully saturated rings. The van der Waals surface area contributed by atoms with Gasteiger partial charge in [-0.25, -0.2) is 0 Å². The summed E-state index contributed by atoms with van der Waals surface area (Å²) < 4.78 is 12.4. The average Bonchev–Trinajstić information content (AvgIpc) is 2.46. The lowest BCUT2D eigenvalue weighted by Gasteiger charge is -2.11. The van der Waals surface area contributed by atoms with E-state index in [2.05, 4.69) is 19.0 Å². The van der Waals surface area contributed by atoms with Gasteiger partial charge in [0.2, 0.25) is 0 Å². The maximum Gasteiger partial charge on any atom is 0.506 e. The molecule has 4 heteroatoms. The minimum absolute atomic E-state index is 0.343. The van der Waals surface area contributed by atoms with Crippen molar-refractivity contribution in [3.8, 4) is 11.5 Å². The fourth-order valence-corrected chi connectivity index (χ4v) is 3.17. The summed E-state index contributed by atoms with van der Waals surface area (Å²) in [6, 6.07) is 16.2. The molecule has 0 aromatic heterocycles. The zero-order valence-corrected chi connectivity index (χ0v) is 13.2. The smallest absolute Gasteiger partial charge is 0.493 e. The topological polar surface area (TPSA) is 18.5 Å². The molecule has 2 aromatic carbocycles. The summed E-state index contributed by atoms with van der Waals surface area (Å²) in [4.78, 5) is 0. The Labute approximate surface area is 123 Å². The van der Waals surface area contributed by atoms with Crippen LogP contribution in [0.1, 0.15) is 5.56 Å². The van der Waals surface area contributed by atoms with Gasteiger partial charge < -0.3 is 9.47 Å². The van der Waals surface area contributed by atoms with Crippen LogP contribution in [0, 0.1) is 0 Å². The van der Waals surface area contributed by atoms with Gasteiger partial charge in [-0.3, -0.25) is 12.9 Å². The van der Waals surface area contributed by atoms with Gasteiger partial charge >= 0.3 is 18.2 Å². The van der Waals surface area contributed by atoms with Crippen molar-refractivity contribution < 1.29 is 9.47 Å². The van der Waals surface area contributed by atoms with Crippen molar-refractivity contribution in [3.05, 3.63) is 54.1 Å². The second kappa shape index (κ2) is 7.02. The van der Waals surface area contributed by atoms with Gasteiger partial charge in [-0.05, 0) is 17.7 Å². The van der Waals surface area contributed by atoms with Gasteiger partial charge in [0, 0.05) is 0 Å². The zero-order chi connectivity index (χ0) is 12.8. The highest BCUT2D eigenvalue weighted by atomic mass is 79.9. The number of rotatable bonds is 5. The van der Waals surface area contributed by atoms with Crippen LogP contribution < -0.4 is 13.2 Å². The lowest BCUT2D eigenvalue weighted by atomic mass is 10.2. The molecule has 0 aliphatic heterocycles. The molecule has 2 aromatic rings. The molecule has 0 N–H and O–H groups in total. The van der Waals surface area contributed by atoms with Crippen molar-refractivity contribution in [3.63, 3.8) is 0 Å². The molecule has 0 unspecified atom stereocenters. The van der Waals surface area contributed by atoms with E-state index in [1.54, 1.807) is 7.11 Å². The fraction of sp³-hybridized carbons (Fsp3) is 0.143. The van der Waals surface area contributed by atoms with E-state index >= 15 is 0 Å². The number of ether oxygens (including phenoxy) is 2. The second-order valence-corrected chi connectivity index (χ2v) is 6.66. The molecule has 90 valence electrons. The Morgan fingerprint density at radius 2 is 1.83 bits per heavy atom. The van der Waals surface area contributed by atoms with E-state index in [0.29, 0.717) is 6.61 Å². The van der Waals surface area contributed by atoms with Crippen LogP contribution in [0.25, 0.3) is 0 Å². The van der Waals surface area contributed by atoms with Crippen LogP contribution in [0.4, 0.5) is 0 Å². The molecular weight excluding hydrogens is 304 g/mol. The lowest BCUT2D eigenvalue weighted by Crippen LogP contribution is -2.09. The Morgan fingerprint density at radius 1 is 1.06 bits per heavy atom. The SMILES string of the molecule is COc1c[c]([Mg][Br])ccc1OCc1ccccc1. The molecule has 0 saturated heterocycles. The van der Waals surface area contributed by atoms with Crippen molar-refractivity contribution in [2.45, 2.75) is 6.61 Å². The van der Waals surface area contributed by atoms with E-state index in [0.717, 1.165) is 17.1 Å². The summed E-state index contributed by atoms with van der Waals surface area (Å²) in [5.41, 5.74) is 1.15. The van der Waals surface area contributed by atoms with Gasteiger partial charge in [0.15, 0.2) is 11.5 Å². The molecule has 2 rings (SSSR count).